The minimum atomic E-state index is -1.18. The monoisotopic (exact) mass is 388 g/mol. The molecule has 0 unspecified atom stereocenters. The van der Waals surface area contributed by atoms with E-state index in [0.29, 0.717) is 11.3 Å². The van der Waals surface area contributed by atoms with E-state index in [1.807, 2.05) is 42.5 Å². The van der Waals surface area contributed by atoms with Gasteiger partial charge in [-0.15, -0.1) is 10.2 Å². The summed E-state index contributed by atoms with van der Waals surface area (Å²) in [5.74, 6) is 0.370. The van der Waals surface area contributed by atoms with Gasteiger partial charge in [-0.2, -0.15) is 0 Å². The van der Waals surface area contributed by atoms with Crippen LogP contribution in [0.4, 0.5) is 4.79 Å². The standard InChI is InChI=1S/C21H16N4O4/c1-21(15-9-8-13-5-2-3-6-14(13)11-15)19(26)25(20(27)22-21)12-17-23-24-18(29-17)16-7-4-10-28-16/h2-11H,12H2,1H3,(H,22,27)/t21-/m0/s1. The molecule has 2 aromatic heterocycles. The quantitative estimate of drug-likeness (QED) is 0.537. The number of urea groups is 1. The third kappa shape index (κ3) is 2.77. The molecule has 0 spiro atoms. The van der Waals surface area contributed by atoms with E-state index in [9.17, 15) is 9.59 Å². The van der Waals surface area contributed by atoms with E-state index in [2.05, 4.69) is 15.5 Å². The topological polar surface area (TPSA) is 101 Å². The lowest BCUT2D eigenvalue weighted by molar-refractivity contribution is -0.131. The highest BCUT2D eigenvalue weighted by Crippen LogP contribution is 2.32. The molecule has 3 heterocycles. The fraction of sp³-hybridized carbons (Fsp3) is 0.143. The lowest BCUT2D eigenvalue weighted by Crippen LogP contribution is -2.40. The van der Waals surface area contributed by atoms with Crippen molar-refractivity contribution in [1.82, 2.24) is 20.4 Å². The zero-order valence-electron chi connectivity index (χ0n) is 15.5. The maximum atomic E-state index is 13.1. The van der Waals surface area contributed by atoms with Crippen LogP contribution >= 0.6 is 0 Å². The van der Waals surface area contributed by atoms with Gasteiger partial charge in [-0.3, -0.25) is 9.69 Å². The van der Waals surface area contributed by atoms with Crippen molar-refractivity contribution >= 4 is 22.7 Å². The number of hydrogen-bond acceptors (Lipinski definition) is 6. The van der Waals surface area contributed by atoms with Crippen LogP contribution in [0.25, 0.3) is 22.4 Å². The number of amides is 3. The van der Waals surface area contributed by atoms with Crippen LogP contribution in [0.2, 0.25) is 0 Å². The Balaban J connectivity index is 1.43. The van der Waals surface area contributed by atoms with Gasteiger partial charge in [0.25, 0.3) is 11.8 Å². The second-order valence-corrected chi connectivity index (χ2v) is 6.99. The summed E-state index contributed by atoms with van der Waals surface area (Å²) in [6, 6.07) is 16.4. The van der Waals surface area contributed by atoms with Crippen molar-refractivity contribution in [3.8, 4) is 11.7 Å². The Bertz CT molecular complexity index is 1230. The molecule has 0 aliphatic carbocycles. The van der Waals surface area contributed by atoms with Gasteiger partial charge in [0.05, 0.1) is 6.26 Å². The summed E-state index contributed by atoms with van der Waals surface area (Å²) in [5.41, 5.74) is -0.468. The smallest absolute Gasteiger partial charge is 0.325 e. The van der Waals surface area contributed by atoms with Gasteiger partial charge in [0.15, 0.2) is 5.76 Å². The Morgan fingerprint density at radius 3 is 2.66 bits per heavy atom. The van der Waals surface area contributed by atoms with Gasteiger partial charge in [-0.05, 0) is 41.5 Å². The predicted molar refractivity (Wildman–Crippen MR) is 102 cm³/mol. The molecule has 1 N–H and O–H groups in total. The number of carbonyl (C=O) groups excluding carboxylic acids is 2. The van der Waals surface area contributed by atoms with Crippen LogP contribution < -0.4 is 5.32 Å². The van der Waals surface area contributed by atoms with Crippen LogP contribution in [-0.2, 0) is 16.9 Å². The lowest BCUT2D eigenvalue weighted by Gasteiger charge is -2.22. The Hall–Kier alpha value is -3.94. The van der Waals surface area contributed by atoms with Gasteiger partial charge in [-0.25, -0.2) is 4.79 Å². The molecule has 1 aliphatic heterocycles. The maximum absolute atomic E-state index is 13.1. The normalized spacial score (nSPS) is 19.1. The van der Waals surface area contributed by atoms with Gasteiger partial charge >= 0.3 is 6.03 Å². The number of furan rings is 1. The maximum Gasteiger partial charge on any atom is 0.325 e. The van der Waals surface area contributed by atoms with E-state index >= 15 is 0 Å². The second kappa shape index (κ2) is 6.30. The summed E-state index contributed by atoms with van der Waals surface area (Å²) in [4.78, 5) is 26.8. The molecule has 29 heavy (non-hydrogen) atoms. The minimum absolute atomic E-state index is 0.123. The van der Waals surface area contributed by atoms with Crippen LogP contribution in [0.5, 0.6) is 0 Å². The first kappa shape index (κ1) is 17.2. The molecule has 5 rings (SSSR count). The molecule has 2 aromatic carbocycles. The first-order valence-corrected chi connectivity index (χ1v) is 9.04. The van der Waals surface area contributed by atoms with Crippen LogP contribution in [0.3, 0.4) is 0 Å². The predicted octanol–water partition coefficient (Wildman–Crippen LogP) is 3.45. The van der Waals surface area contributed by atoms with Crippen molar-refractivity contribution in [2.75, 3.05) is 0 Å². The number of aromatic nitrogens is 2. The molecule has 1 atom stereocenters. The Kier molecular flexibility index (Phi) is 3.73. The average Bonchev–Trinajstić information content (AvgIpc) is 3.46. The second-order valence-electron chi connectivity index (χ2n) is 6.99. The van der Waals surface area contributed by atoms with Gasteiger partial charge < -0.3 is 14.2 Å². The largest absolute Gasteiger partial charge is 0.459 e. The molecule has 0 saturated carbocycles. The zero-order valence-corrected chi connectivity index (χ0v) is 15.5. The third-order valence-corrected chi connectivity index (χ3v) is 5.09. The van der Waals surface area contributed by atoms with E-state index in [4.69, 9.17) is 8.83 Å². The van der Waals surface area contributed by atoms with E-state index < -0.39 is 11.6 Å². The Morgan fingerprint density at radius 1 is 1.03 bits per heavy atom. The molecule has 8 heteroatoms. The molecule has 144 valence electrons. The van der Waals surface area contributed by atoms with Crippen LogP contribution in [-0.4, -0.2) is 27.0 Å². The fourth-order valence-electron chi connectivity index (χ4n) is 3.49. The number of benzene rings is 2. The number of carbonyl (C=O) groups is 2. The van der Waals surface area contributed by atoms with Crippen molar-refractivity contribution in [1.29, 1.82) is 0 Å². The number of rotatable bonds is 4. The average molecular weight is 388 g/mol. The number of nitrogens with zero attached hydrogens (tertiary/aromatic N) is 3. The molecule has 1 saturated heterocycles. The SMILES string of the molecule is C[C@@]1(c2ccc3ccccc3c2)NC(=O)N(Cc2nnc(-c3ccco3)o2)C1=O. The van der Waals surface area contributed by atoms with E-state index in [1.165, 1.54) is 6.26 Å². The van der Waals surface area contributed by atoms with Crippen molar-refractivity contribution < 1.29 is 18.4 Å². The van der Waals surface area contributed by atoms with Crippen molar-refractivity contribution in [3.05, 3.63) is 72.3 Å². The molecule has 0 bridgehead atoms. The first-order valence-electron chi connectivity index (χ1n) is 9.04. The van der Waals surface area contributed by atoms with E-state index in [-0.39, 0.29) is 24.2 Å². The number of nitrogens with one attached hydrogen (secondary N) is 1. The lowest BCUT2D eigenvalue weighted by atomic mass is 9.90. The van der Waals surface area contributed by atoms with E-state index in [1.54, 1.807) is 19.1 Å². The summed E-state index contributed by atoms with van der Waals surface area (Å²) in [6.07, 6.45) is 1.49. The number of hydrogen-bond donors (Lipinski definition) is 1. The molecule has 1 fully saturated rings. The molecule has 0 radical (unpaired) electrons. The van der Waals surface area contributed by atoms with Crippen molar-refractivity contribution in [3.63, 3.8) is 0 Å². The summed E-state index contributed by atoms with van der Waals surface area (Å²) < 4.78 is 10.7. The summed E-state index contributed by atoms with van der Waals surface area (Å²) in [6.45, 7) is 1.57. The summed E-state index contributed by atoms with van der Waals surface area (Å²) in [7, 11) is 0. The number of imide groups is 1. The number of fused-ring (bicyclic) bond motifs is 1. The minimum Gasteiger partial charge on any atom is -0.459 e. The van der Waals surface area contributed by atoms with Gasteiger partial charge in [-0.1, -0.05) is 36.4 Å². The third-order valence-electron chi connectivity index (χ3n) is 5.09. The molecule has 4 aromatic rings. The van der Waals surface area contributed by atoms with Crippen LogP contribution in [0, 0.1) is 0 Å². The highest BCUT2D eigenvalue weighted by Gasteiger charge is 2.49. The fourth-order valence-corrected chi connectivity index (χ4v) is 3.49. The Labute approximate surface area is 165 Å². The van der Waals surface area contributed by atoms with Gasteiger partial charge in [0.1, 0.15) is 12.1 Å². The van der Waals surface area contributed by atoms with E-state index in [0.717, 1.165) is 15.7 Å². The molecule has 1 aliphatic rings. The van der Waals surface area contributed by atoms with Crippen molar-refractivity contribution in [2.45, 2.75) is 19.0 Å². The van der Waals surface area contributed by atoms with Crippen LogP contribution in [0.1, 0.15) is 18.4 Å². The molecular weight excluding hydrogens is 372 g/mol. The molecule has 3 amide bonds. The zero-order chi connectivity index (χ0) is 20.0. The molecular formula is C21H16N4O4. The highest BCUT2D eigenvalue weighted by molar-refractivity contribution is 6.07. The first-order chi connectivity index (χ1) is 14.0. The summed E-state index contributed by atoms with van der Waals surface area (Å²) in [5, 5.41) is 12.7. The summed E-state index contributed by atoms with van der Waals surface area (Å²) >= 11 is 0. The molecule has 8 nitrogen and oxygen atoms in total. The highest BCUT2D eigenvalue weighted by atomic mass is 16.4. The Morgan fingerprint density at radius 2 is 1.86 bits per heavy atom. The van der Waals surface area contributed by atoms with Gasteiger partial charge in [0, 0.05) is 0 Å². The van der Waals surface area contributed by atoms with Crippen molar-refractivity contribution in [2.24, 2.45) is 0 Å². The van der Waals surface area contributed by atoms with Gasteiger partial charge in [0.2, 0.25) is 5.89 Å². The van der Waals surface area contributed by atoms with Crippen LogP contribution in [0.15, 0.2) is 69.7 Å².